The van der Waals surface area contributed by atoms with Crippen molar-refractivity contribution < 1.29 is 0 Å². The topological polar surface area (TPSA) is 38.9 Å². The SMILES string of the molecule is C[C@@H](N)c1ccc(SC2CCCC2)cn1. The second-order valence-corrected chi connectivity index (χ2v) is 5.61. The Bertz CT molecular complexity index is 302. The van der Waals surface area contributed by atoms with Gasteiger partial charge in [0.1, 0.15) is 0 Å². The van der Waals surface area contributed by atoms with E-state index in [9.17, 15) is 0 Å². The lowest BCUT2D eigenvalue weighted by molar-refractivity contribution is 0.777. The van der Waals surface area contributed by atoms with Crippen LogP contribution in [0.3, 0.4) is 0 Å². The highest BCUT2D eigenvalue weighted by Crippen LogP contribution is 2.34. The van der Waals surface area contributed by atoms with Crippen LogP contribution in [0.1, 0.15) is 44.3 Å². The Morgan fingerprint density at radius 3 is 2.67 bits per heavy atom. The van der Waals surface area contributed by atoms with Gasteiger partial charge in [-0.25, -0.2) is 0 Å². The summed E-state index contributed by atoms with van der Waals surface area (Å²) in [6.07, 6.45) is 7.47. The fraction of sp³-hybridized carbons (Fsp3) is 0.583. The zero-order valence-electron chi connectivity index (χ0n) is 9.15. The van der Waals surface area contributed by atoms with E-state index in [-0.39, 0.29) is 6.04 Å². The van der Waals surface area contributed by atoms with Crippen LogP contribution >= 0.6 is 11.8 Å². The van der Waals surface area contributed by atoms with E-state index >= 15 is 0 Å². The van der Waals surface area contributed by atoms with E-state index in [0.717, 1.165) is 10.9 Å². The van der Waals surface area contributed by atoms with Gasteiger partial charge in [-0.05, 0) is 31.9 Å². The van der Waals surface area contributed by atoms with Crippen LogP contribution in [-0.4, -0.2) is 10.2 Å². The molecule has 0 saturated heterocycles. The first-order chi connectivity index (χ1) is 7.25. The van der Waals surface area contributed by atoms with Gasteiger partial charge in [-0.15, -0.1) is 11.8 Å². The molecule has 1 aromatic heterocycles. The highest BCUT2D eigenvalue weighted by Gasteiger charge is 2.16. The van der Waals surface area contributed by atoms with Gasteiger partial charge in [0, 0.05) is 22.4 Å². The number of hydrogen-bond donors (Lipinski definition) is 1. The highest BCUT2D eigenvalue weighted by molar-refractivity contribution is 8.00. The molecule has 0 aliphatic heterocycles. The minimum atomic E-state index is 0.0375. The van der Waals surface area contributed by atoms with Crippen molar-refractivity contribution in [1.82, 2.24) is 4.98 Å². The van der Waals surface area contributed by atoms with Crippen LogP contribution in [0.15, 0.2) is 23.2 Å². The van der Waals surface area contributed by atoms with Gasteiger partial charge in [-0.3, -0.25) is 4.98 Å². The van der Waals surface area contributed by atoms with Crippen molar-refractivity contribution in [1.29, 1.82) is 0 Å². The molecule has 2 N–H and O–H groups in total. The Morgan fingerprint density at radius 2 is 2.13 bits per heavy atom. The fourth-order valence-corrected chi connectivity index (χ4v) is 3.14. The van der Waals surface area contributed by atoms with Crippen LogP contribution in [-0.2, 0) is 0 Å². The summed E-state index contributed by atoms with van der Waals surface area (Å²) in [7, 11) is 0. The van der Waals surface area contributed by atoms with Crippen molar-refractivity contribution >= 4 is 11.8 Å². The van der Waals surface area contributed by atoms with Crippen molar-refractivity contribution in [2.45, 2.75) is 48.8 Å². The molecule has 1 aliphatic carbocycles. The fourth-order valence-electron chi connectivity index (χ4n) is 1.93. The molecule has 3 heteroatoms. The highest BCUT2D eigenvalue weighted by atomic mass is 32.2. The lowest BCUT2D eigenvalue weighted by Gasteiger charge is -2.09. The number of thioether (sulfide) groups is 1. The number of nitrogens with two attached hydrogens (primary N) is 1. The number of nitrogens with zero attached hydrogens (tertiary/aromatic N) is 1. The summed E-state index contributed by atoms with van der Waals surface area (Å²) in [4.78, 5) is 5.66. The van der Waals surface area contributed by atoms with E-state index in [1.165, 1.54) is 30.6 Å². The molecule has 1 atom stereocenters. The molecule has 0 amide bonds. The molecule has 1 fully saturated rings. The van der Waals surface area contributed by atoms with Crippen LogP contribution < -0.4 is 5.73 Å². The molecule has 0 unspecified atom stereocenters. The van der Waals surface area contributed by atoms with Gasteiger partial charge in [-0.1, -0.05) is 12.8 Å². The molecule has 82 valence electrons. The number of pyridine rings is 1. The van der Waals surface area contributed by atoms with Gasteiger partial charge >= 0.3 is 0 Å². The van der Waals surface area contributed by atoms with E-state index in [1.807, 2.05) is 30.9 Å². The zero-order valence-corrected chi connectivity index (χ0v) is 9.96. The minimum absolute atomic E-state index is 0.0375. The van der Waals surface area contributed by atoms with E-state index < -0.39 is 0 Å². The summed E-state index contributed by atoms with van der Waals surface area (Å²) in [6, 6.07) is 4.23. The second kappa shape index (κ2) is 4.99. The second-order valence-electron chi connectivity index (χ2n) is 4.23. The van der Waals surface area contributed by atoms with Crippen LogP contribution in [0.2, 0.25) is 0 Å². The van der Waals surface area contributed by atoms with Crippen molar-refractivity contribution in [3.05, 3.63) is 24.0 Å². The van der Waals surface area contributed by atoms with Crippen molar-refractivity contribution in [3.63, 3.8) is 0 Å². The maximum absolute atomic E-state index is 5.76. The van der Waals surface area contributed by atoms with Crippen molar-refractivity contribution in [3.8, 4) is 0 Å². The average molecular weight is 222 g/mol. The predicted molar refractivity (Wildman–Crippen MR) is 65.0 cm³/mol. The van der Waals surface area contributed by atoms with Gasteiger partial charge in [-0.2, -0.15) is 0 Å². The lowest BCUT2D eigenvalue weighted by Crippen LogP contribution is -2.06. The first-order valence-corrected chi connectivity index (χ1v) is 6.52. The van der Waals surface area contributed by atoms with Gasteiger partial charge < -0.3 is 5.73 Å². The number of hydrogen-bond acceptors (Lipinski definition) is 3. The predicted octanol–water partition coefficient (Wildman–Crippen LogP) is 3.14. The third-order valence-electron chi connectivity index (χ3n) is 2.83. The third kappa shape index (κ3) is 2.95. The quantitative estimate of drug-likeness (QED) is 0.854. The molecule has 15 heavy (non-hydrogen) atoms. The average Bonchev–Trinajstić information content (AvgIpc) is 2.71. The summed E-state index contributed by atoms with van der Waals surface area (Å²) >= 11 is 1.97. The molecular weight excluding hydrogens is 204 g/mol. The maximum atomic E-state index is 5.76. The lowest BCUT2D eigenvalue weighted by atomic mass is 10.2. The molecule has 1 saturated carbocycles. The molecule has 1 aromatic rings. The van der Waals surface area contributed by atoms with E-state index in [0.29, 0.717) is 0 Å². The van der Waals surface area contributed by atoms with Gasteiger partial charge in [0.05, 0.1) is 5.69 Å². The van der Waals surface area contributed by atoms with E-state index in [1.54, 1.807) is 0 Å². The molecule has 1 aliphatic rings. The van der Waals surface area contributed by atoms with E-state index in [2.05, 4.69) is 11.1 Å². The van der Waals surface area contributed by atoms with Crippen LogP contribution in [0.4, 0.5) is 0 Å². The Labute approximate surface area is 95.7 Å². The Kier molecular flexibility index (Phi) is 3.65. The van der Waals surface area contributed by atoms with Crippen LogP contribution in [0, 0.1) is 0 Å². The van der Waals surface area contributed by atoms with Crippen molar-refractivity contribution in [2.24, 2.45) is 5.73 Å². The molecular formula is C12H18N2S. The number of rotatable bonds is 3. The third-order valence-corrected chi connectivity index (χ3v) is 4.15. The number of aromatic nitrogens is 1. The van der Waals surface area contributed by atoms with Crippen LogP contribution in [0.5, 0.6) is 0 Å². The summed E-state index contributed by atoms with van der Waals surface area (Å²) in [5, 5.41) is 0.813. The Morgan fingerprint density at radius 1 is 1.40 bits per heavy atom. The first-order valence-electron chi connectivity index (χ1n) is 5.64. The molecule has 0 spiro atoms. The summed E-state index contributed by atoms with van der Waals surface area (Å²) in [5.74, 6) is 0. The largest absolute Gasteiger partial charge is 0.323 e. The molecule has 0 radical (unpaired) electrons. The summed E-state index contributed by atoms with van der Waals surface area (Å²) in [5.41, 5.74) is 6.74. The van der Waals surface area contributed by atoms with Gasteiger partial charge in [0.15, 0.2) is 0 Å². The molecule has 1 heterocycles. The smallest absolute Gasteiger partial charge is 0.0569 e. The molecule has 2 nitrogen and oxygen atoms in total. The Balaban J connectivity index is 1.97. The summed E-state index contributed by atoms with van der Waals surface area (Å²) < 4.78 is 0. The zero-order chi connectivity index (χ0) is 10.7. The minimum Gasteiger partial charge on any atom is -0.323 e. The normalized spacial score (nSPS) is 19.3. The molecule has 0 bridgehead atoms. The molecule has 2 rings (SSSR count). The molecule has 0 aromatic carbocycles. The van der Waals surface area contributed by atoms with Gasteiger partial charge in [0.2, 0.25) is 0 Å². The van der Waals surface area contributed by atoms with Gasteiger partial charge in [0.25, 0.3) is 0 Å². The van der Waals surface area contributed by atoms with Crippen molar-refractivity contribution in [2.75, 3.05) is 0 Å². The summed E-state index contributed by atoms with van der Waals surface area (Å²) in [6.45, 7) is 1.96. The first kappa shape index (κ1) is 11.0. The van der Waals surface area contributed by atoms with Crippen LogP contribution in [0.25, 0.3) is 0 Å². The monoisotopic (exact) mass is 222 g/mol. The maximum Gasteiger partial charge on any atom is 0.0569 e. The Hall–Kier alpha value is -0.540. The van der Waals surface area contributed by atoms with E-state index in [4.69, 9.17) is 5.73 Å². The standard InChI is InChI=1S/C12H18N2S/c1-9(13)12-7-6-11(8-14-12)15-10-4-2-3-5-10/h6-10H,2-5,13H2,1H3/t9-/m1/s1.